The second kappa shape index (κ2) is 9.97. The summed E-state index contributed by atoms with van der Waals surface area (Å²) in [4.78, 5) is 32.2. The van der Waals surface area contributed by atoms with Gasteiger partial charge in [0, 0.05) is 24.2 Å². The van der Waals surface area contributed by atoms with Crippen molar-refractivity contribution in [2.45, 2.75) is 51.2 Å². The molecule has 1 saturated carbocycles. The number of halogens is 4. The fraction of sp³-hybridized carbons (Fsp3) is 0.550. The van der Waals surface area contributed by atoms with Crippen LogP contribution >= 0.6 is 0 Å². The molecule has 3 rings (SSSR count). The van der Waals surface area contributed by atoms with E-state index < -0.39 is 24.2 Å². The van der Waals surface area contributed by atoms with Crippen LogP contribution in [-0.4, -0.2) is 46.8 Å². The van der Waals surface area contributed by atoms with E-state index in [9.17, 15) is 27.2 Å². The van der Waals surface area contributed by atoms with Gasteiger partial charge in [0.2, 0.25) is 5.91 Å². The Kier molecular flexibility index (Phi) is 7.85. The second-order valence-electron chi connectivity index (χ2n) is 7.78. The Morgan fingerprint density at radius 2 is 1.71 bits per heavy atom. The number of alkyl halides is 3. The van der Waals surface area contributed by atoms with Gasteiger partial charge in [0.15, 0.2) is 0 Å². The van der Waals surface area contributed by atoms with E-state index in [1.165, 1.54) is 6.07 Å². The quantitative estimate of drug-likeness (QED) is 0.526. The van der Waals surface area contributed by atoms with Gasteiger partial charge >= 0.3 is 18.1 Å². The first-order valence-corrected chi connectivity index (χ1v) is 9.74. The zero-order valence-electron chi connectivity index (χ0n) is 16.8. The van der Waals surface area contributed by atoms with Gasteiger partial charge in [0.1, 0.15) is 11.9 Å². The van der Waals surface area contributed by atoms with E-state index in [0.29, 0.717) is 43.0 Å². The molecule has 1 heterocycles. The van der Waals surface area contributed by atoms with E-state index in [1.54, 1.807) is 0 Å². The van der Waals surface area contributed by atoms with Gasteiger partial charge in [0.25, 0.3) is 0 Å². The van der Waals surface area contributed by atoms with Crippen LogP contribution in [0.4, 0.5) is 23.2 Å². The van der Waals surface area contributed by atoms with E-state index in [0.717, 1.165) is 18.4 Å². The smallest absolute Gasteiger partial charge is 0.481 e. The molecule has 0 saturated heterocycles. The highest BCUT2D eigenvalue weighted by Gasteiger charge is 2.38. The average molecular weight is 448 g/mol. The number of hydrogen-bond acceptors (Lipinski definition) is 4. The monoisotopic (exact) mass is 448 g/mol. The highest BCUT2D eigenvalue weighted by molar-refractivity contribution is 5.87. The standard InChI is InChI=1S/C18H23FN2O3.C2HF3O2/c1-10-6-14(19)13-8-16(21-15(13)7-10)17(22)20-9-11-2-4-12(5-3-11)18(23)24;3-2(4,5)1(6)7/h6-7,11-12,16,21H,2-5,8-9H2,1H3,(H,20,22)(H,23,24);(H,6,7). The van der Waals surface area contributed by atoms with Crippen LogP contribution in [-0.2, 0) is 20.8 Å². The first-order valence-electron chi connectivity index (χ1n) is 9.74. The third-order valence-corrected chi connectivity index (χ3v) is 5.40. The first-order chi connectivity index (χ1) is 14.4. The minimum Gasteiger partial charge on any atom is -0.481 e. The predicted octanol–water partition coefficient (Wildman–Crippen LogP) is 3.11. The topological polar surface area (TPSA) is 116 Å². The van der Waals surface area contributed by atoms with Gasteiger partial charge in [-0.15, -0.1) is 0 Å². The molecule has 0 spiro atoms. The van der Waals surface area contributed by atoms with Crippen LogP contribution in [0.3, 0.4) is 0 Å². The van der Waals surface area contributed by atoms with E-state index in [4.69, 9.17) is 15.0 Å². The molecule has 7 nitrogen and oxygen atoms in total. The lowest BCUT2D eigenvalue weighted by Crippen LogP contribution is -2.41. The van der Waals surface area contributed by atoms with Crippen molar-refractivity contribution < 1.29 is 42.2 Å². The summed E-state index contributed by atoms with van der Waals surface area (Å²) in [6, 6.07) is 2.91. The number of nitrogens with one attached hydrogen (secondary N) is 2. The molecule has 2 aliphatic rings. The maximum atomic E-state index is 13.9. The third kappa shape index (κ3) is 6.83. The van der Waals surface area contributed by atoms with Crippen molar-refractivity contribution in [3.8, 4) is 0 Å². The molecule has 1 aliphatic carbocycles. The Morgan fingerprint density at radius 3 is 2.23 bits per heavy atom. The highest BCUT2D eigenvalue weighted by atomic mass is 19.4. The number of carbonyl (C=O) groups is 3. The largest absolute Gasteiger partial charge is 0.490 e. The van der Waals surface area contributed by atoms with E-state index >= 15 is 0 Å². The van der Waals surface area contributed by atoms with Crippen molar-refractivity contribution >= 4 is 23.5 Å². The summed E-state index contributed by atoms with van der Waals surface area (Å²) >= 11 is 0. The number of aryl methyl sites for hydroxylation is 1. The highest BCUT2D eigenvalue weighted by Crippen LogP contribution is 2.30. The maximum absolute atomic E-state index is 13.9. The number of fused-ring (bicyclic) bond motifs is 1. The Bertz CT molecular complexity index is 836. The molecule has 0 aromatic heterocycles. The summed E-state index contributed by atoms with van der Waals surface area (Å²) in [5.74, 6) is -3.78. The number of rotatable bonds is 4. The van der Waals surface area contributed by atoms with E-state index in [2.05, 4.69) is 10.6 Å². The van der Waals surface area contributed by atoms with Crippen LogP contribution in [0.15, 0.2) is 12.1 Å². The lowest BCUT2D eigenvalue weighted by molar-refractivity contribution is -0.192. The van der Waals surface area contributed by atoms with Crippen LogP contribution in [0.1, 0.15) is 36.8 Å². The van der Waals surface area contributed by atoms with Crippen molar-refractivity contribution in [3.05, 3.63) is 29.1 Å². The Labute approximate surface area is 175 Å². The lowest BCUT2D eigenvalue weighted by atomic mass is 9.82. The van der Waals surface area contributed by atoms with Crippen molar-refractivity contribution in [1.29, 1.82) is 0 Å². The molecule has 172 valence electrons. The molecule has 31 heavy (non-hydrogen) atoms. The number of anilines is 1. The normalized spacial score (nSPS) is 22.4. The molecule has 0 bridgehead atoms. The van der Waals surface area contributed by atoms with Crippen LogP contribution in [0.2, 0.25) is 0 Å². The molecule has 1 amide bonds. The van der Waals surface area contributed by atoms with Crippen LogP contribution < -0.4 is 10.6 Å². The van der Waals surface area contributed by atoms with Gasteiger partial charge in [0.05, 0.1) is 5.92 Å². The van der Waals surface area contributed by atoms with Crippen LogP contribution in [0.5, 0.6) is 0 Å². The average Bonchev–Trinajstić information content (AvgIpc) is 3.10. The number of amides is 1. The molecule has 1 fully saturated rings. The minimum atomic E-state index is -5.08. The van der Waals surface area contributed by atoms with E-state index in [-0.39, 0.29) is 17.6 Å². The molecular weight excluding hydrogens is 424 g/mol. The van der Waals surface area contributed by atoms with Crippen LogP contribution in [0, 0.1) is 24.6 Å². The number of carboxylic acid groups (broad SMARTS) is 2. The van der Waals surface area contributed by atoms with Gasteiger partial charge in [-0.2, -0.15) is 13.2 Å². The van der Waals surface area contributed by atoms with Gasteiger partial charge in [-0.3, -0.25) is 9.59 Å². The number of aliphatic carboxylic acids is 2. The Hall–Kier alpha value is -2.85. The summed E-state index contributed by atoms with van der Waals surface area (Å²) in [6.07, 6.45) is -1.73. The zero-order chi connectivity index (χ0) is 23.3. The fourth-order valence-electron chi connectivity index (χ4n) is 3.69. The van der Waals surface area contributed by atoms with Gasteiger partial charge in [-0.05, 0) is 56.2 Å². The van der Waals surface area contributed by atoms with Gasteiger partial charge in [-0.25, -0.2) is 9.18 Å². The second-order valence-corrected chi connectivity index (χ2v) is 7.78. The number of carboxylic acids is 2. The molecule has 1 aromatic rings. The van der Waals surface area contributed by atoms with E-state index in [1.807, 2.05) is 13.0 Å². The molecule has 11 heteroatoms. The minimum absolute atomic E-state index is 0.122. The Balaban J connectivity index is 0.000000423. The number of carbonyl (C=O) groups excluding carboxylic acids is 1. The Morgan fingerprint density at radius 1 is 1.13 bits per heavy atom. The molecule has 1 aliphatic heterocycles. The summed E-state index contributed by atoms with van der Waals surface area (Å²) in [7, 11) is 0. The summed E-state index contributed by atoms with van der Waals surface area (Å²) in [5, 5.41) is 22.2. The van der Waals surface area contributed by atoms with Crippen LogP contribution in [0.25, 0.3) is 0 Å². The molecule has 4 N–H and O–H groups in total. The first kappa shape index (κ1) is 24.4. The van der Waals surface area contributed by atoms with Crippen molar-refractivity contribution in [2.75, 3.05) is 11.9 Å². The zero-order valence-corrected chi connectivity index (χ0v) is 16.8. The fourth-order valence-corrected chi connectivity index (χ4v) is 3.69. The van der Waals surface area contributed by atoms with Crippen molar-refractivity contribution in [3.63, 3.8) is 0 Å². The predicted molar refractivity (Wildman–Crippen MR) is 102 cm³/mol. The van der Waals surface area contributed by atoms with Gasteiger partial charge < -0.3 is 20.8 Å². The summed E-state index contributed by atoms with van der Waals surface area (Å²) in [5.41, 5.74) is 2.10. The van der Waals surface area contributed by atoms with Gasteiger partial charge in [-0.1, -0.05) is 0 Å². The molecule has 1 unspecified atom stereocenters. The molecular formula is C20H24F4N2O5. The molecule has 1 atom stereocenters. The summed E-state index contributed by atoms with van der Waals surface area (Å²) in [6.45, 7) is 2.38. The number of benzene rings is 1. The maximum Gasteiger partial charge on any atom is 0.490 e. The third-order valence-electron chi connectivity index (χ3n) is 5.40. The lowest BCUT2D eigenvalue weighted by Gasteiger charge is -2.26. The molecule has 0 radical (unpaired) electrons. The summed E-state index contributed by atoms with van der Waals surface area (Å²) < 4.78 is 45.7. The van der Waals surface area contributed by atoms with Crippen molar-refractivity contribution in [2.24, 2.45) is 11.8 Å². The SMILES string of the molecule is Cc1cc(F)c2c(c1)NC(C(=O)NCC1CCC(C(=O)O)CC1)C2.O=C(O)C(F)(F)F. The van der Waals surface area contributed by atoms with Crippen molar-refractivity contribution in [1.82, 2.24) is 5.32 Å². The number of hydrogen-bond donors (Lipinski definition) is 4. The molecule has 1 aromatic carbocycles.